The third kappa shape index (κ3) is 2.55. The number of hydrogen-bond donors (Lipinski definition) is 0. The van der Waals surface area contributed by atoms with Crippen LogP contribution in [0.2, 0.25) is 0 Å². The minimum Gasteiger partial charge on any atom is -0.466 e. The molecule has 1 rings (SSSR count). The van der Waals surface area contributed by atoms with Crippen molar-refractivity contribution in [1.29, 1.82) is 0 Å². The minimum absolute atomic E-state index is 0.0782. The summed E-state index contributed by atoms with van der Waals surface area (Å²) in [6.07, 6.45) is 0.0907. The van der Waals surface area contributed by atoms with E-state index in [9.17, 15) is 9.59 Å². The molecule has 0 saturated heterocycles. The van der Waals surface area contributed by atoms with Crippen LogP contribution < -0.4 is 0 Å². The lowest BCUT2D eigenvalue weighted by Crippen LogP contribution is -2.33. The van der Waals surface area contributed by atoms with E-state index in [1.54, 1.807) is 6.92 Å². The molecule has 0 aliphatic carbocycles. The number of nitrogens with zero attached hydrogens (tertiary/aromatic N) is 2. The van der Waals surface area contributed by atoms with Gasteiger partial charge in [0.1, 0.15) is 12.3 Å². The van der Waals surface area contributed by atoms with Gasteiger partial charge in [0.25, 0.3) is 0 Å². The van der Waals surface area contributed by atoms with Crippen molar-refractivity contribution >= 4 is 17.7 Å². The average molecular weight is 198 g/mol. The second-order valence-electron chi connectivity index (χ2n) is 2.95. The van der Waals surface area contributed by atoms with Gasteiger partial charge in [-0.05, 0) is 6.92 Å². The summed E-state index contributed by atoms with van der Waals surface area (Å²) in [5.41, 5.74) is 0. The van der Waals surface area contributed by atoms with E-state index in [-0.39, 0.29) is 18.3 Å². The third-order valence-electron chi connectivity index (χ3n) is 1.92. The van der Waals surface area contributed by atoms with Crippen LogP contribution in [-0.4, -0.2) is 42.3 Å². The Kier molecular flexibility index (Phi) is 3.62. The molecule has 1 aliphatic rings. The van der Waals surface area contributed by atoms with Crippen molar-refractivity contribution in [3.8, 4) is 0 Å². The second-order valence-corrected chi connectivity index (χ2v) is 2.95. The Bertz CT molecular complexity index is 273. The smallest absolute Gasteiger partial charge is 0.313 e. The number of carbonyl (C=O) groups is 2. The zero-order valence-electron chi connectivity index (χ0n) is 8.45. The van der Waals surface area contributed by atoms with Gasteiger partial charge in [0, 0.05) is 13.5 Å². The van der Waals surface area contributed by atoms with Gasteiger partial charge in [0.05, 0.1) is 13.2 Å². The molecular weight excluding hydrogens is 184 g/mol. The summed E-state index contributed by atoms with van der Waals surface area (Å²) in [7, 11) is 0. The summed E-state index contributed by atoms with van der Waals surface area (Å²) < 4.78 is 4.77. The monoisotopic (exact) mass is 198 g/mol. The highest BCUT2D eigenvalue weighted by Crippen LogP contribution is 2.06. The molecule has 0 radical (unpaired) electrons. The van der Waals surface area contributed by atoms with Gasteiger partial charge in [-0.15, -0.1) is 0 Å². The normalized spacial score (nSPS) is 15.3. The highest BCUT2D eigenvalue weighted by Gasteiger charge is 2.22. The topological polar surface area (TPSA) is 59.0 Å². The number of hydrogen-bond acceptors (Lipinski definition) is 4. The SMILES string of the molecule is CCOC(=O)CC1=NCCN1C(C)=O. The summed E-state index contributed by atoms with van der Waals surface area (Å²) in [5, 5.41) is 0. The van der Waals surface area contributed by atoms with Crippen LogP contribution in [0.3, 0.4) is 0 Å². The first-order valence-electron chi connectivity index (χ1n) is 4.62. The maximum atomic E-state index is 11.1. The summed E-state index contributed by atoms with van der Waals surface area (Å²) in [5.74, 6) is 0.112. The van der Waals surface area contributed by atoms with Crippen LogP contribution in [0.1, 0.15) is 20.3 Å². The predicted molar refractivity (Wildman–Crippen MR) is 50.9 cm³/mol. The maximum absolute atomic E-state index is 11.1. The first-order chi connectivity index (χ1) is 6.65. The Hall–Kier alpha value is -1.39. The molecule has 78 valence electrons. The van der Waals surface area contributed by atoms with E-state index in [1.807, 2.05) is 0 Å². The molecule has 0 saturated carbocycles. The fourth-order valence-corrected chi connectivity index (χ4v) is 1.33. The fourth-order valence-electron chi connectivity index (χ4n) is 1.33. The van der Waals surface area contributed by atoms with Crippen LogP contribution in [0.5, 0.6) is 0 Å². The van der Waals surface area contributed by atoms with Crippen molar-refractivity contribution in [1.82, 2.24) is 4.90 Å². The molecule has 0 spiro atoms. The standard InChI is InChI=1S/C9H14N2O3/c1-3-14-9(13)6-8-10-4-5-11(8)7(2)12/h3-6H2,1-2H3. The zero-order valence-corrected chi connectivity index (χ0v) is 8.45. The molecule has 14 heavy (non-hydrogen) atoms. The summed E-state index contributed by atoms with van der Waals surface area (Å²) in [4.78, 5) is 27.8. The summed E-state index contributed by atoms with van der Waals surface area (Å²) in [6.45, 7) is 4.72. The number of esters is 1. The lowest BCUT2D eigenvalue weighted by atomic mass is 10.3. The second kappa shape index (κ2) is 4.74. The van der Waals surface area contributed by atoms with Gasteiger partial charge in [0.15, 0.2) is 0 Å². The largest absolute Gasteiger partial charge is 0.466 e. The highest BCUT2D eigenvalue weighted by molar-refractivity contribution is 6.05. The van der Waals surface area contributed by atoms with Gasteiger partial charge in [-0.25, -0.2) is 0 Å². The Balaban J connectivity index is 2.51. The lowest BCUT2D eigenvalue weighted by molar-refractivity contribution is -0.141. The molecule has 0 atom stereocenters. The van der Waals surface area contributed by atoms with Crippen LogP contribution in [0.4, 0.5) is 0 Å². The van der Waals surface area contributed by atoms with Crippen molar-refractivity contribution in [2.24, 2.45) is 4.99 Å². The number of amides is 1. The van der Waals surface area contributed by atoms with Crippen LogP contribution in [0.25, 0.3) is 0 Å². The number of ether oxygens (including phenoxy) is 1. The Labute approximate surface area is 82.7 Å². The first-order valence-corrected chi connectivity index (χ1v) is 4.62. The molecule has 0 aromatic rings. The molecule has 0 bridgehead atoms. The van der Waals surface area contributed by atoms with Gasteiger partial charge >= 0.3 is 5.97 Å². The molecule has 0 aromatic carbocycles. The van der Waals surface area contributed by atoms with Crippen LogP contribution >= 0.6 is 0 Å². The molecule has 5 nitrogen and oxygen atoms in total. The predicted octanol–water partition coefficient (Wildman–Crippen LogP) is 0.200. The fraction of sp³-hybridized carbons (Fsp3) is 0.667. The van der Waals surface area contributed by atoms with Gasteiger partial charge in [-0.2, -0.15) is 0 Å². The number of carbonyl (C=O) groups excluding carboxylic acids is 2. The van der Waals surface area contributed by atoms with Crippen LogP contribution in [-0.2, 0) is 14.3 Å². The molecule has 0 unspecified atom stereocenters. The van der Waals surface area contributed by atoms with E-state index in [1.165, 1.54) is 11.8 Å². The quantitative estimate of drug-likeness (QED) is 0.609. The first kappa shape index (κ1) is 10.7. The zero-order chi connectivity index (χ0) is 10.6. The molecule has 5 heteroatoms. The van der Waals surface area contributed by atoms with Crippen molar-refractivity contribution in [3.05, 3.63) is 0 Å². The van der Waals surface area contributed by atoms with E-state index in [0.717, 1.165) is 0 Å². The molecule has 0 aromatic heterocycles. The van der Waals surface area contributed by atoms with E-state index in [4.69, 9.17) is 4.74 Å². The van der Waals surface area contributed by atoms with Crippen LogP contribution in [0.15, 0.2) is 4.99 Å². The van der Waals surface area contributed by atoms with E-state index >= 15 is 0 Å². The van der Waals surface area contributed by atoms with Gasteiger partial charge in [0.2, 0.25) is 5.91 Å². The van der Waals surface area contributed by atoms with Crippen molar-refractivity contribution < 1.29 is 14.3 Å². The van der Waals surface area contributed by atoms with E-state index in [0.29, 0.717) is 25.5 Å². The highest BCUT2D eigenvalue weighted by atomic mass is 16.5. The molecule has 0 fully saturated rings. The Morgan fingerprint density at radius 2 is 2.29 bits per heavy atom. The van der Waals surface area contributed by atoms with E-state index in [2.05, 4.69) is 4.99 Å². The minimum atomic E-state index is -0.334. The van der Waals surface area contributed by atoms with Gasteiger partial charge in [-0.1, -0.05) is 0 Å². The molecular formula is C9H14N2O3. The Morgan fingerprint density at radius 1 is 1.57 bits per heavy atom. The summed E-state index contributed by atoms with van der Waals surface area (Å²) in [6, 6.07) is 0. The average Bonchev–Trinajstić information content (AvgIpc) is 2.52. The molecule has 1 aliphatic heterocycles. The summed E-state index contributed by atoms with van der Waals surface area (Å²) >= 11 is 0. The third-order valence-corrected chi connectivity index (χ3v) is 1.92. The lowest BCUT2D eigenvalue weighted by Gasteiger charge is -2.15. The Morgan fingerprint density at radius 3 is 2.86 bits per heavy atom. The molecule has 1 heterocycles. The van der Waals surface area contributed by atoms with Crippen molar-refractivity contribution in [2.45, 2.75) is 20.3 Å². The van der Waals surface area contributed by atoms with Crippen molar-refractivity contribution in [3.63, 3.8) is 0 Å². The van der Waals surface area contributed by atoms with Crippen LogP contribution in [0, 0.1) is 0 Å². The molecule has 0 N–H and O–H groups in total. The van der Waals surface area contributed by atoms with Gasteiger partial charge in [-0.3, -0.25) is 19.5 Å². The van der Waals surface area contributed by atoms with Gasteiger partial charge < -0.3 is 4.74 Å². The number of amidine groups is 1. The number of rotatable bonds is 3. The molecule has 1 amide bonds. The number of aliphatic imine (C=N–C) groups is 1. The maximum Gasteiger partial charge on any atom is 0.313 e. The van der Waals surface area contributed by atoms with E-state index < -0.39 is 0 Å². The van der Waals surface area contributed by atoms with Crippen molar-refractivity contribution in [2.75, 3.05) is 19.7 Å².